The van der Waals surface area contributed by atoms with Crippen LogP contribution in [0, 0.1) is 0 Å². The van der Waals surface area contributed by atoms with Crippen LogP contribution in [0.15, 0.2) is 0 Å². The summed E-state index contributed by atoms with van der Waals surface area (Å²) in [6.07, 6.45) is 16.0. The molecular weight excluding hydrogens is 835 g/mol. The number of aliphatic hydroxyl groups is 6. The molecule has 0 aromatic heterocycles. The molecule has 0 rings (SSSR count). The van der Waals surface area contributed by atoms with Gasteiger partial charge in [-0.05, 0) is 12.8 Å². The third-order valence-corrected chi connectivity index (χ3v) is 17.4. The van der Waals surface area contributed by atoms with Gasteiger partial charge in [0.05, 0.1) is 83.4 Å². The summed E-state index contributed by atoms with van der Waals surface area (Å²) in [4.78, 5) is 14.6. The highest BCUT2D eigenvalue weighted by molar-refractivity contribution is 7.86. The molecule has 0 saturated heterocycles. The first kappa shape index (κ1) is 57.8. The summed E-state index contributed by atoms with van der Waals surface area (Å²) >= 11 is 0. The minimum atomic E-state index is -4.53. The standard InChI is InChI=1S/C36H81N3O15S2Si2/c1-4-5-6-7-8-9-10-11-12-13-14-15-16-17-18-19-21-39(2,3)22-20-23-58(52,53-30-36(28-40,29-41)37-24-34(44)26-55(46,47)48)54-33-57(31-42,32-43)38-25-35(45)27-56(49,50)51/h34-35,37-38,40-45,52H,4-33H2,1-3H3,(H-,46,47,48,49,50,51)/p+1. The normalized spacial score (nSPS) is 15.4. The van der Waals surface area contributed by atoms with Crippen molar-refractivity contribution in [3.8, 4) is 0 Å². The van der Waals surface area contributed by atoms with Crippen molar-refractivity contribution in [2.45, 2.75) is 140 Å². The number of rotatable bonds is 41. The Bertz CT molecular complexity index is 1180. The van der Waals surface area contributed by atoms with Gasteiger partial charge >= 0.3 is 8.80 Å². The van der Waals surface area contributed by atoms with Gasteiger partial charge in [-0.1, -0.05) is 96.8 Å². The Kier molecular flexibility index (Phi) is 30.6. The van der Waals surface area contributed by atoms with E-state index in [0.717, 1.165) is 19.4 Å². The van der Waals surface area contributed by atoms with Crippen LogP contribution in [0.25, 0.3) is 0 Å². The van der Waals surface area contributed by atoms with Crippen LogP contribution in [0.3, 0.4) is 0 Å². The van der Waals surface area contributed by atoms with Gasteiger partial charge in [0.1, 0.15) is 11.5 Å². The molecule has 0 heterocycles. The number of nitrogens with zero attached hydrogens (tertiary/aromatic N) is 1. The molecule has 0 saturated carbocycles. The van der Waals surface area contributed by atoms with Crippen LogP contribution in [-0.2, 0) is 29.1 Å². The highest BCUT2D eigenvalue weighted by atomic mass is 32.2. The predicted molar refractivity (Wildman–Crippen MR) is 228 cm³/mol. The number of hydrogen-bond acceptors (Lipinski definition) is 15. The van der Waals surface area contributed by atoms with Gasteiger partial charge in [-0.3, -0.25) is 9.11 Å². The first-order chi connectivity index (χ1) is 27.1. The summed E-state index contributed by atoms with van der Waals surface area (Å²) < 4.78 is 75.3. The highest BCUT2D eigenvalue weighted by Gasteiger charge is 2.45. The molecule has 0 aliphatic heterocycles. The van der Waals surface area contributed by atoms with Crippen molar-refractivity contribution in [1.29, 1.82) is 0 Å². The summed E-state index contributed by atoms with van der Waals surface area (Å²) in [6, 6.07) is -0.0152. The maximum absolute atomic E-state index is 11.8. The van der Waals surface area contributed by atoms with Crippen LogP contribution < -0.4 is 10.3 Å². The lowest BCUT2D eigenvalue weighted by Gasteiger charge is -2.37. The SMILES string of the molecule is CCCCCCCCCCCCCCCCCC[N+](C)(C)CCC[Si](O)(OCC(CO)(CO)NCC(O)CS(=O)(=O)O)OC[Si](CO)(CO)NCC(O)CS(=O)(=O)O. The zero-order valence-corrected chi connectivity index (χ0v) is 39.2. The molecule has 18 nitrogen and oxygen atoms in total. The van der Waals surface area contributed by atoms with Crippen LogP contribution in [0.2, 0.25) is 6.04 Å². The molecule has 0 amide bonds. The fourth-order valence-electron chi connectivity index (χ4n) is 6.50. The third kappa shape index (κ3) is 29.9. The van der Waals surface area contributed by atoms with Gasteiger partial charge in [0.25, 0.3) is 20.2 Å². The number of β-amino-alcohol motifs (C(OH)–C–C–N with tert-alkyl or cyclic N) is 1. The van der Waals surface area contributed by atoms with E-state index in [1.54, 1.807) is 0 Å². The lowest BCUT2D eigenvalue weighted by Crippen LogP contribution is -2.66. The average molecular weight is 917 g/mol. The van der Waals surface area contributed by atoms with Gasteiger partial charge < -0.3 is 59.1 Å². The van der Waals surface area contributed by atoms with Crippen LogP contribution in [0.5, 0.6) is 0 Å². The molecule has 0 radical (unpaired) electrons. The Balaban J connectivity index is 5.27. The van der Waals surface area contributed by atoms with Gasteiger partial charge in [0, 0.05) is 25.6 Å². The van der Waals surface area contributed by atoms with Crippen molar-refractivity contribution in [2.75, 3.05) is 90.3 Å². The van der Waals surface area contributed by atoms with Crippen molar-refractivity contribution in [2.24, 2.45) is 0 Å². The Hall–Kier alpha value is -0.226. The van der Waals surface area contributed by atoms with Crippen molar-refractivity contribution in [3.05, 3.63) is 0 Å². The molecule has 0 spiro atoms. The second kappa shape index (κ2) is 30.8. The minimum Gasteiger partial charge on any atom is -0.398 e. The third-order valence-electron chi connectivity index (χ3n) is 10.5. The van der Waals surface area contributed by atoms with Gasteiger partial charge in [-0.2, -0.15) is 16.8 Å². The smallest absolute Gasteiger partial charge is 0.398 e. The van der Waals surface area contributed by atoms with Crippen molar-refractivity contribution < 1.29 is 74.7 Å². The van der Waals surface area contributed by atoms with E-state index in [9.17, 15) is 52.3 Å². The van der Waals surface area contributed by atoms with Gasteiger partial charge in [-0.25, -0.2) is 0 Å². The first-order valence-electron chi connectivity index (χ1n) is 21.1. The average Bonchev–Trinajstić information content (AvgIpc) is 3.14. The summed E-state index contributed by atoms with van der Waals surface area (Å²) in [5.41, 5.74) is -1.70. The topological polar surface area (TPSA) is 293 Å². The number of hydrogen-bond donors (Lipinski definition) is 11. The maximum atomic E-state index is 11.8. The molecule has 22 heteroatoms. The lowest BCUT2D eigenvalue weighted by atomic mass is 10.0. The second-order valence-corrected chi connectivity index (χ2v) is 26.2. The molecule has 0 aromatic rings. The van der Waals surface area contributed by atoms with Gasteiger partial charge in [-0.15, -0.1) is 0 Å². The number of quaternary nitrogens is 1. The molecule has 11 N–H and O–H groups in total. The van der Waals surface area contributed by atoms with Crippen molar-refractivity contribution >= 4 is 37.3 Å². The zero-order valence-electron chi connectivity index (χ0n) is 35.6. The van der Waals surface area contributed by atoms with Gasteiger partial charge in [0.2, 0.25) is 8.24 Å². The highest BCUT2D eigenvalue weighted by Crippen LogP contribution is 2.20. The zero-order chi connectivity index (χ0) is 44.2. The Morgan fingerprint density at radius 3 is 1.47 bits per heavy atom. The Labute approximate surface area is 351 Å². The molecule has 0 aliphatic carbocycles. The quantitative estimate of drug-likeness (QED) is 0.0174. The molecule has 3 atom stereocenters. The minimum absolute atomic E-state index is 0.0152. The molecule has 3 unspecified atom stereocenters. The molecule has 0 aliphatic rings. The number of unbranched alkanes of at least 4 members (excludes halogenated alkanes) is 15. The first-order valence-corrected chi connectivity index (χ1v) is 29.0. The van der Waals surface area contributed by atoms with Crippen LogP contribution >= 0.6 is 0 Å². The Morgan fingerprint density at radius 1 is 0.638 bits per heavy atom. The van der Waals surface area contributed by atoms with Crippen molar-refractivity contribution in [1.82, 2.24) is 10.3 Å². The van der Waals surface area contributed by atoms with E-state index in [1.165, 1.54) is 89.9 Å². The molecule has 350 valence electrons. The monoisotopic (exact) mass is 916 g/mol. The summed E-state index contributed by atoms with van der Waals surface area (Å²) in [5, 5.41) is 63.5. The van der Waals surface area contributed by atoms with E-state index >= 15 is 0 Å². The van der Waals surface area contributed by atoms with E-state index in [-0.39, 0.29) is 6.04 Å². The number of aliphatic hydroxyl groups excluding tert-OH is 6. The lowest BCUT2D eigenvalue weighted by molar-refractivity contribution is -0.890. The van der Waals surface area contributed by atoms with Crippen LogP contribution in [0.4, 0.5) is 0 Å². The van der Waals surface area contributed by atoms with Crippen LogP contribution in [0.1, 0.15) is 116 Å². The molecule has 0 fully saturated rings. The van der Waals surface area contributed by atoms with Gasteiger partial charge in [0.15, 0.2) is 0 Å². The maximum Gasteiger partial charge on any atom is 0.498 e. The van der Waals surface area contributed by atoms with E-state index in [0.29, 0.717) is 17.4 Å². The summed E-state index contributed by atoms with van der Waals surface area (Å²) in [7, 11) is -12.7. The van der Waals surface area contributed by atoms with Crippen LogP contribution in [-0.4, -0.2) is 191 Å². The van der Waals surface area contributed by atoms with E-state index in [4.69, 9.17) is 18.0 Å². The molecular formula is C36H82N3O15S2Si2+. The fraction of sp³-hybridized carbons (Fsp3) is 1.00. The summed E-state index contributed by atoms with van der Waals surface area (Å²) in [6.45, 7) is 0.697. The number of nitrogens with one attached hydrogen (secondary N) is 2. The van der Waals surface area contributed by atoms with E-state index < -0.39 is 118 Å². The fourth-order valence-corrected chi connectivity index (χ4v) is 12.5. The van der Waals surface area contributed by atoms with Crippen molar-refractivity contribution in [3.63, 3.8) is 0 Å². The predicted octanol–water partition coefficient (Wildman–Crippen LogP) is 0.627. The van der Waals surface area contributed by atoms with E-state index in [2.05, 4.69) is 31.3 Å². The molecule has 58 heavy (non-hydrogen) atoms. The Morgan fingerprint density at radius 2 is 1.05 bits per heavy atom. The largest absolute Gasteiger partial charge is 0.498 e. The molecule has 0 aromatic carbocycles. The second-order valence-electron chi connectivity index (χ2n) is 16.8. The van der Waals surface area contributed by atoms with E-state index in [1.807, 2.05) is 0 Å². The summed E-state index contributed by atoms with van der Waals surface area (Å²) in [5.74, 6) is -2.00. The molecule has 0 bridgehead atoms.